The average molecular weight is 302 g/mol. The van der Waals surface area contributed by atoms with Crippen LogP contribution in [0.1, 0.15) is 69.8 Å². The highest BCUT2D eigenvalue weighted by Gasteiger charge is 2.48. The number of fused-ring (bicyclic) bond motifs is 2. The monoisotopic (exact) mass is 302 g/mol. The Kier molecular flexibility index (Phi) is 2.64. The van der Waals surface area contributed by atoms with Crippen molar-refractivity contribution in [1.82, 2.24) is 0 Å². The lowest BCUT2D eigenvalue weighted by molar-refractivity contribution is 0.0994. The number of ketones is 1. The van der Waals surface area contributed by atoms with E-state index in [-0.39, 0.29) is 5.78 Å². The molecule has 0 aliphatic heterocycles. The van der Waals surface area contributed by atoms with Gasteiger partial charge in [0.25, 0.3) is 0 Å². The van der Waals surface area contributed by atoms with Crippen LogP contribution in [0.4, 0.5) is 0 Å². The summed E-state index contributed by atoms with van der Waals surface area (Å²) in [5, 5.41) is 10.2. The Bertz CT molecular complexity index is 948. The van der Waals surface area contributed by atoms with Gasteiger partial charge in [0, 0.05) is 33.2 Å². The van der Waals surface area contributed by atoms with Crippen LogP contribution in [-0.2, 0) is 5.41 Å². The van der Waals surface area contributed by atoms with Crippen LogP contribution in [0.5, 0.6) is 0 Å². The van der Waals surface area contributed by atoms with Gasteiger partial charge in [-0.3, -0.25) is 4.79 Å². The number of hydrogen-bond donors (Lipinski definition) is 1. The molecule has 0 fully saturated rings. The standard InChI is InChI=1S/C20H14O3/c1-4-11-8-13-15(9-12(11)5-2)20(3)7-6-16(21)14-10-23-19(17(14)20)18(13)22/h1-2,8-10,16,21H,6-7H2,3H3/t16?,20-/m1/s1. The van der Waals surface area contributed by atoms with E-state index in [1.54, 1.807) is 6.07 Å². The average Bonchev–Trinajstić information content (AvgIpc) is 3.02. The van der Waals surface area contributed by atoms with Crippen molar-refractivity contribution in [3.63, 3.8) is 0 Å². The summed E-state index contributed by atoms with van der Waals surface area (Å²) in [6, 6.07) is 3.54. The molecule has 1 unspecified atom stereocenters. The van der Waals surface area contributed by atoms with Gasteiger partial charge >= 0.3 is 0 Å². The predicted molar refractivity (Wildman–Crippen MR) is 85.1 cm³/mol. The number of furan rings is 1. The summed E-state index contributed by atoms with van der Waals surface area (Å²) in [6.45, 7) is 2.07. The molecule has 0 saturated heterocycles. The molecule has 1 heterocycles. The molecule has 2 aromatic rings. The van der Waals surface area contributed by atoms with Gasteiger partial charge in [0.2, 0.25) is 5.78 Å². The number of benzene rings is 1. The molecule has 2 aliphatic carbocycles. The van der Waals surface area contributed by atoms with Crippen molar-refractivity contribution in [3.05, 3.63) is 57.5 Å². The van der Waals surface area contributed by atoms with Gasteiger partial charge in [0.1, 0.15) is 0 Å². The quantitative estimate of drug-likeness (QED) is 0.761. The molecule has 2 atom stereocenters. The zero-order valence-electron chi connectivity index (χ0n) is 12.6. The molecule has 0 bridgehead atoms. The van der Waals surface area contributed by atoms with Crippen LogP contribution in [0.15, 0.2) is 22.8 Å². The topological polar surface area (TPSA) is 50.4 Å². The lowest BCUT2D eigenvalue weighted by Gasteiger charge is -2.40. The molecule has 3 nitrogen and oxygen atoms in total. The van der Waals surface area contributed by atoms with Crippen LogP contribution in [0.25, 0.3) is 0 Å². The van der Waals surface area contributed by atoms with Crippen LogP contribution >= 0.6 is 0 Å². The lowest BCUT2D eigenvalue weighted by Crippen LogP contribution is -2.36. The van der Waals surface area contributed by atoms with Crippen molar-refractivity contribution < 1.29 is 14.3 Å². The first kappa shape index (κ1) is 13.9. The summed E-state index contributed by atoms with van der Waals surface area (Å²) < 4.78 is 5.52. The minimum Gasteiger partial charge on any atom is -0.460 e. The van der Waals surface area contributed by atoms with Gasteiger partial charge in [0.15, 0.2) is 5.76 Å². The number of aliphatic hydroxyl groups excluding tert-OH is 1. The van der Waals surface area contributed by atoms with Crippen LogP contribution in [0.3, 0.4) is 0 Å². The molecule has 1 N–H and O–H groups in total. The third kappa shape index (κ3) is 1.58. The highest BCUT2D eigenvalue weighted by Crippen LogP contribution is 2.52. The second-order valence-electron chi connectivity index (χ2n) is 6.34. The van der Waals surface area contributed by atoms with Crippen LogP contribution < -0.4 is 0 Å². The Morgan fingerprint density at radius 1 is 1.30 bits per heavy atom. The maximum absolute atomic E-state index is 12.8. The maximum atomic E-state index is 12.8. The summed E-state index contributed by atoms with van der Waals surface area (Å²) in [7, 11) is 0. The van der Waals surface area contributed by atoms with Gasteiger partial charge < -0.3 is 9.52 Å². The predicted octanol–water partition coefficient (Wildman–Crippen LogP) is 2.92. The summed E-state index contributed by atoms with van der Waals surface area (Å²) in [5.41, 5.74) is 3.66. The van der Waals surface area contributed by atoms with Gasteiger partial charge in [-0.1, -0.05) is 18.8 Å². The van der Waals surface area contributed by atoms with Crippen LogP contribution in [-0.4, -0.2) is 10.9 Å². The Morgan fingerprint density at radius 2 is 2.00 bits per heavy atom. The summed E-state index contributed by atoms with van der Waals surface area (Å²) in [4.78, 5) is 12.8. The minimum absolute atomic E-state index is 0.201. The van der Waals surface area contributed by atoms with E-state index in [2.05, 4.69) is 18.8 Å². The minimum atomic E-state index is -0.595. The lowest BCUT2D eigenvalue weighted by atomic mass is 9.62. The summed E-state index contributed by atoms with van der Waals surface area (Å²) in [6.07, 6.45) is 13.3. The molecule has 1 aromatic heterocycles. The van der Waals surface area contributed by atoms with E-state index in [1.807, 2.05) is 6.07 Å². The first-order valence-corrected chi connectivity index (χ1v) is 7.47. The molecular formula is C20H14O3. The highest BCUT2D eigenvalue weighted by molar-refractivity contribution is 6.12. The normalized spacial score (nSPS) is 24.3. The summed E-state index contributed by atoms with van der Waals surface area (Å²) in [5.74, 6) is 5.26. The largest absolute Gasteiger partial charge is 0.460 e. The van der Waals surface area contributed by atoms with Gasteiger partial charge in [-0.2, -0.15) is 0 Å². The molecule has 0 amide bonds. The number of rotatable bonds is 0. The maximum Gasteiger partial charge on any atom is 0.228 e. The van der Waals surface area contributed by atoms with E-state index in [0.29, 0.717) is 40.9 Å². The van der Waals surface area contributed by atoms with E-state index in [1.165, 1.54) is 6.26 Å². The Morgan fingerprint density at radius 3 is 2.70 bits per heavy atom. The highest BCUT2D eigenvalue weighted by atomic mass is 16.3. The summed E-state index contributed by atoms with van der Waals surface area (Å²) >= 11 is 0. The second kappa shape index (κ2) is 4.38. The van der Waals surface area contributed by atoms with Crippen molar-refractivity contribution >= 4 is 5.78 Å². The molecule has 1 aromatic carbocycles. The fourth-order valence-corrected chi connectivity index (χ4v) is 3.93. The third-order valence-corrected chi connectivity index (χ3v) is 5.16. The number of hydrogen-bond acceptors (Lipinski definition) is 3. The van der Waals surface area contributed by atoms with Crippen LogP contribution in [0, 0.1) is 24.7 Å². The van der Waals surface area contributed by atoms with E-state index in [4.69, 9.17) is 17.3 Å². The zero-order chi connectivity index (χ0) is 16.4. The van der Waals surface area contributed by atoms with Gasteiger partial charge in [-0.15, -0.1) is 12.8 Å². The van der Waals surface area contributed by atoms with E-state index >= 15 is 0 Å². The first-order chi connectivity index (χ1) is 11.0. The molecule has 112 valence electrons. The van der Waals surface area contributed by atoms with Gasteiger partial charge in [0.05, 0.1) is 12.4 Å². The smallest absolute Gasteiger partial charge is 0.228 e. The van der Waals surface area contributed by atoms with Gasteiger partial charge in [-0.25, -0.2) is 0 Å². The second-order valence-corrected chi connectivity index (χ2v) is 6.34. The van der Waals surface area contributed by atoms with Crippen molar-refractivity contribution in [1.29, 1.82) is 0 Å². The molecule has 2 aliphatic rings. The van der Waals surface area contributed by atoms with Crippen molar-refractivity contribution in [2.45, 2.75) is 31.3 Å². The van der Waals surface area contributed by atoms with Crippen LogP contribution in [0.2, 0.25) is 0 Å². The zero-order valence-corrected chi connectivity index (χ0v) is 12.6. The number of carbonyl (C=O) groups excluding carboxylic acids is 1. The van der Waals surface area contributed by atoms with E-state index < -0.39 is 11.5 Å². The Labute approximate surface area is 134 Å². The number of aliphatic hydroxyl groups is 1. The molecule has 23 heavy (non-hydrogen) atoms. The molecular weight excluding hydrogens is 288 g/mol. The molecule has 4 rings (SSSR count). The van der Waals surface area contributed by atoms with E-state index in [9.17, 15) is 9.90 Å². The molecule has 3 heteroatoms. The Balaban J connectivity index is 2.09. The molecule has 0 saturated carbocycles. The fraction of sp³-hybridized carbons (Fsp3) is 0.250. The van der Waals surface area contributed by atoms with Crippen molar-refractivity contribution in [2.24, 2.45) is 0 Å². The first-order valence-electron chi connectivity index (χ1n) is 7.47. The number of terminal acetylenes is 2. The molecule has 0 radical (unpaired) electrons. The Hall–Kier alpha value is -2.75. The van der Waals surface area contributed by atoms with Gasteiger partial charge in [-0.05, 0) is 30.5 Å². The fourth-order valence-electron chi connectivity index (χ4n) is 3.93. The van der Waals surface area contributed by atoms with Crippen molar-refractivity contribution in [3.8, 4) is 24.7 Å². The van der Waals surface area contributed by atoms with Crippen molar-refractivity contribution in [2.75, 3.05) is 0 Å². The molecule has 0 spiro atoms. The number of carbonyl (C=O) groups is 1. The third-order valence-electron chi connectivity index (χ3n) is 5.16. The SMILES string of the molecule is C#Cc1cc2c(cc1C#C)[C@@]1(C)CCC(O)c3coc(c31)C2=O. The van der Waals surface area contributed by atoms with E-state index in [0.717, 1.165) is 11.1 Å².